The summed E-state index contributed by atoms with van der Waals surface area (Å²) in [6.45, 7) is 11.8. The van der Waals surface area contributed by atoms with Crippen molar-refractivity contribution in [2.45, 2.75) is 73.0 Å². The Hall–Kier alpha value is -2.05. The van der Waals surface area contributed by atoms with Gasteiger partial charge in [-0.25, -0.2) is 4.98 Å². The summed E-state index contributed by atoms with van der Waals surface area (Å²) >= 11 is 1.62. The van der Waals surface area contributed by atoms with Gasteiger partial charge in [0.25, 0.3) is 0 Å². The summed E-state index contributed by atoms with van der Waals surface area (Å²) < 4.78 is 0. The normalized spacial score (nSPS) is 15.4. The van der Waals surface area contributed by atoms with E-state index in [0.717, 1.165) is 21.7 Å². The van der Waals surface area contributed by atoms with Gasteiger partial charge in [0.2, 0.25) is 5.91 Å². The number of hydrogen-bond acceptors (Lipinski definition) is 5. The number of aliphatic hydroxyl groups is 1. The number of Topliss-reactive ketones (excluding diaryl/α,β-unsaturated/α-hetero) is 1. The molecule has 4 atom stereocenters. The average molecular weight is 445 g/mol. The highest BCUT2D eigenvalue weighted by Crippen LogP contribution is 2.28. The predicted octanol–water partition coefficient (Wildman–Crippen LogP) is 5.32. The third kappa shape index (κ3) is 7.25. The minimum Gasteiger partial charge on any atom is -0.393 e. The van der Waals surface area contributed by atoms with E-state index in [4.69, 9.17) is 0 Å². The second kappa shape index (κ2) is 11.5. The van der Waals surface area contributed by atoms with E-state index >= 15 is 0 Å². The SMILES string of the molecule is Cc1ncsc1-c1ccc([C@H](C)NC(=O)[C@@H](C)C[C@@H](O)CCC(=O)[C@@H](C)C(C)C)cc1. The lowest BCUT2D eigenvalue weighted by Gasteiger charge is -2.20. The van der Waals surface area contributed by atoms with E-state index in [-0.39, 0.29) is 29.6 Å². The number of aliphatic hydroxyl groups excluding tert-OH is 1. The van der Waals surface area contributed by atoms with E-state index in [1.54, 1.807) is 11.3 Å². The molecule has 6 heteroatoms. The molecule has 0 spiro atoms. The largest absolute Gasteiger partial charge is 0.393 e. The maximum Gasteiger partial charge on any atom is 0.223 e. The lowest BCUT2D eigenvalue weighted by Crippen LogP contribution is -2.33. The number of thiazole rings is 1. The zero-order valence-corrected chi connectivity index (χ0v) is 20.3. The lowest BCUT2D eigenvalue weighted by molar-refractivity contribution is -0.126. The summed E-state index contributed by atoms with van der Waals surface area (Å²) in [5.74, 6) is 0.0674. The third-order valence-corrected chi connectivity index (χ3v) is 7.06. The lowest BCUT2D eigenvalue weighted by atomic mass is 9.89. The molecule has 2 rings (SSSR count). The summed E-state index contributed by atoms with van der Waals surface area (Å²) in [4.78, 5) is 30.2. The Morgan fingerprint density at radius 3 is 2.29 bits per heavy atom. The van der Waals surface area contributed by atoms with Crippen LogP contribution in [0.25, 0.3) is 10.4 Å². The molecule has 0 radical (unpaired) electrons. The first-order chi connectivity index (χ1) is 14.6. The van der Waals surface area contributed by atoms with Gasteiger partial charge in [-0.3, -0.25) is 9.59 Å². The molecular formula is C25H36N2O3S. The van der Waals surface area contributed by atoms with Gasteiger partial charge in [-0.1, -0.05) is 52.0 Å². The van der Waals surface area contributed by atoms with Crippen molar-refractivity contribution in [3.8, 4) is 10.4 Å². The molecule has 0 saturated carbocycles. The van der Waals surface area contributed by atoms with Crippen molar-refractivity contribution in [3.05, 3.63) is 41.0 Å². The van der Waals surface area contributed by atoms with Crippen LogP contribution in [0.5, 0.6) is 0 Å². The number of nitrogens with one attached hydrogen (secondary N) is 1. The smallest absolute Gasteiger partial charge is 0.223 e. The molecule has 31 heavy (non-hydrogen) atoms. The van der Waals surface area contributed by atoms with Crippen molar-refractivity contribution >= 4 is 23.0 Å². The van der Waals surface area contributed by atoms with Crippen LogP contribution in [0.15, 0.2) is 29.8 Å². The van der Waals surface area contributed by atoms with E-state index < -0.39 is 6.10 Å². The van der Waals surface area contributed by atoms with Gasteiger partial charge in [-0.15, -0.1) is 11.3 Å². The number of carbonyl (C=O) groups is 2. The molecule has 0 unspecified atom stereocenters. The van der Waals surface area contributed by atoms with Gasteiger partial charge in [0.05, 0.1) is 28.2 Å². The number of amides is 1. The molecule has 0 aliphatic heterocycles. The summed E-state index contributed by atoms with van der Waals surface area (Å²) in [6, 6.07) is 8.04. The number of aryl methyl sites for hydroxylation is 1. The van der Waals surface area contributed by atoms with Gasteiger partial charge in [0.1, 0.15) is 5.78 Å². The van der Waals surface area contributed by atoms with E-state index in [9.17, 15) is 14.7 Å². The molecule has 2 N–H and O–H groups in total. The number of aromatic nitrogens is 1. The molecule has 1 aromatic heterocycles. The Balaban J connectivity index is 1.83. The Morgan fingerprint density at radius 2 is 1.74 bits per heavy atom. The van der Waals surface area contributed by atoms with Crippen LogP contribution in [-0.2, 0) is 9.59 Å². The maximum absolute atomic E-state index is 12.6. The van der Waals surface area contributed by atoms with Gasteiger partial charge >= 0.3 is 0 Å². The molecule has 2 aromatic rings. The van der Waals surface area contributed by atoms with Crippen molar-refractivity contribution in [1.82, 2.24) is 10.3 Å². The molecule has 0 bridgehead atoms. The molecule has 170 valence electrons. The Bertz CT molecular complexity index is 860. The molecule has 0 saturated heterocycles. The van der Waals surface area contributed by atoms with Crippen molar-refractivity contribution in [2.75, 3.05) is 0 Å². The van der Waals surface area contributed by atoms with Crippen LogP contribution in [0.1, 0.15) is 71.2 Å². The fourth-order valence-corrected chi connectivity index (χ4v) is 4.29. The zero-order valence-electron chi connectivity index (χ0n) is 19.5. The standard InChI is InChI=1S/C25H36N2O3S/c1-15(2)17(4)23(29)12-11-22(28)13-16(3)25(30)27-18(5)20-7-9-21(10-8-20)24-19(6)26-14-31-24/h7-10,14-18,22,28H,11-13H2,1-6H3,(H,27,30)/t16-,17-,18-,22-/m0/s1. The van der Waals surface area contributed by atoms with Crippen molar-refractivity contribution in [1.29, 1.82) is 0 Å². The van der Waals surface area contributed by atoms with Crippen LogP contribution in [0.2, 0.25) is 0 Å². The fourth-order valence-electron chi connectivity index (χ4n) is 3.48. The molecular weight excluding hydrogens is 408 g/mol. The van der Waals surface area contributed by atoms with Gasteiger partial charge in [-0.2, -0.15) is 0 Å². The van der Waals surface area contributed by atoms with Crippen molar-refractivity contribution < 1.29 is 14.7 Å². The zero-order chi connectivity index (χ0) is 23.1. The van der Waals surface area contributed by atoms with Crippen molar-refractivity contribution in [3.63, 3.8) is 0 Å². The van der Waals surface area contributed by atoms with Gasteiger partial charge < -0.3 is 10.4 Å². The maximum atomic E-state index is 12.6. The number of benzene rings is 1. The highest BCUT2D eigenvalue weighted by Gasteiger charge is 2.22. The second-order valence-electron chi connectivity index (χ2n) is 8.95. The van der Waals surface area contributed by atoms with Gasteiger partial charge in [0.15, 0.2) is 0 Å². The third-order valence-electron chi connectivity index (χ3n) is 6.08. The van der Waals surface area contributed by atoms with Crippen LogP contribution >= 0.6 is 11.3 Å². The van der Waals surface area contributed by atoms with Crippen LogP contribution in [0, 0.1) is 24.7 Å². The number of nitrogens with zero attached hydrogens (tertiary/aromatic N) is 1. The summed E-state index contributed by atoms with van der Waals surface area (Å²) in [5, 5.41) is 13.3. The minimum absolute atomic E-state index is 0.000143. The minimum atomic E-state index is -0.652. The molecule has 1 amide bonds. The molecule has 1 aromatic carbocycles. The van der Waals surface area contributed by atoms with E-state index in [1.165, 1.54) is 0 Å². The fraction of sp³-hybridized carbons (Fsp3) is 0.560. The van der Waals surface area contributed by atoms with Crippen LogP contribution in [0.4, 0.5) is 0 Å². The molecule has 0 aliphatic rings. The van der Waals surface area contributed by atoms with Crippen LogP contribution in [0.3, 0.4) is 0 Å². The number of carbonyl (C=O) groups excluding carboxylic acids is 2. The molecule has 1 heterocycles. The molecule has 0 fully saturated rings. The quantitative estimate of drug-likeness (QED) is 0.491. The van der Waals surface area contributed by atoms with E-state index in [0.29, 0.717) is 25.2 Å². The van der Waals surface area contributed by atoms with E-state index in [1.807, 2.05) is 59.2 Å². The Labute approximate surface area is 190 Å². The Kier molecular flexibility index (Phi) is 9.38. The monoisotopic (exact) mass is 444 g/mol. The van der Waals surface area contributed by atoms with Gasteiger partial charge in [-0.05, 0) is 43.7 Å². The number of ketones is 1. The number of hydrogen-bond donors (Lipinski definition) is 2. The first-order valence-corrected chi connectivity index (χ1v) is 12.0. The highest BCUT2D eigenvalue weighted by atomic mass is 32.1. The molecule has 0 aliphatic carbocycles. The number of rotatable bonds is 11. The Morgan fingerprint density at radius 1 is 1.10 bits per heavy atom. The second-order valence-corrected chi connectivity index (χ2v) is 9.80. The molecule has 5 nitrogen and oxygen atoms in total. The first kappa shape index (κ1) is 25.2. The van der Waals surface area contributed by atoms with Crippen LogP contribution in [-0.4, -0.2) is 27.9 Å². The highest BCUT2D eigenvalue weighted by molar-refractivity contribution is 7.13. The summed E-state index contributed by atoms with van der Waals surface area (Å²) in [5.41, 5.74) is 5.02. The predicted molar refractivity (Wildman–Crippen MR) is 127 cm³/mol. The van der Waals surface area contributed by atoms with E-state index in [2.05, 4.69) is 22.4 Å². The average Bonchev–Trinajstić information content (AvgIpc) is 3.17. The summed E-state index contributed by atoms with van der Waals surface area (Å²) in [7, 11) is 0. The van der Waals surface area contributed by atoms with Crippen molar-refractivity contribution in [2.24, 2.45) is 17.8 Å². The van der Waals surface area contributed by atoms with Crippen LogP contribution < -0.4 is 5.32 Å². The first-order valence-electron chi connectivity index (χ1n) is 11.1. The van der Waals surface area contributed by atoms with Gasteiger partial charge in [0, 0.05) is 18.3 Å². The topological polar surface area (TPSA) is 79.3 Å². The summed E-state index contributed by atoms with van der Waals surface area (Å²) in [6.07, 6.45) is 0.463.